The van der Waals surface area contributed by atoms with Gasteiger partial charge in [0, 0.05) is 12.0 Å². The Morgan fingerprint density at radius 2 is 2.21 bits per heavy atom. The molecule has 1 fully saturated rings. The molecule has 2 N–H and O–H groups in total. The average Bonchev–Trinajstić information content (AvgIpc) is 3.05. The molecule has 0 radical (unpaired) electrons. The summed E-state index contributed by atoms with van der Waals surface area (Å²) in [4.78, 5) is 0. The molecule has 1 aromatic carbocycles. The maximum absolute atomic E-state index is 9.51. The molecule has 3 rings (SSSR count). The first-order chi connectivity index (χ1) is 9.24. The highest BCUT2D eigenvalue weighted by Crippen LogP contribution is 2.33. The Morgan fingerprint density at radius 3 is 2.95 bits per heavy atom. The molecule has 0 spiro atoms. The van der Waals surface area contributed by atoms with E-state index in [0.717, 1.165) is 25.0 Å². The Bertz CT molecular complexity index is 454. The summed E-state index contributed by atoms with van der Waals surface area (Å²) in [7, 11) is 1.92. The molecule has 0 saturated heterocycles. The number of benzene rings is 1. The fourth-order valence-electron chi connectivity index (χ4n) is 3.44. The summed E-state index contributed by atoms with van der Waals surface area (Å²) in [5, 5.41) is 12.8. The topological polar surface area (TPSA) is 41.5 Å². The number of aliphatic hydroxyl groups excluding tert-OH is 1. The second-order valence-corrected chi connectivity index (χ2v) is 5.96. The molecular weight excluding hydrogens is 238 g/mol. The minimum atomic E-state index is -0.138. The zero-order chi connectivity index (χ0) is 13.3. The Balaban J connectivity index is 1.66. The van der Waals surface area contributed by atoms with Gasteiger partial charge in [0.25, 0.3) is 0 Å². The number of fused-ring (bicyclic) bond motifs is 1. The fourth-order valence-corrected chi connectivity index (χ4v) is 3.44. The number of aliphatic hydroxyl groups is 1. The van der Waals surface area contributed by atoms with E-state index in [9.17, 15) is 5.11 Å². The first-order valence-corrected chi connectivity index (χ1v) is 7.33. The van der Waals surface area contributed by atoms with Gasteiger partial charge in [-0.05, 0) is 62.4 Å². The molecule has 3 nitrogen and oxygen atoms in total. The first-order valence-electron chi connectivity index (χ1n) is 7.33. The summed E-state index contributed by atoms with van der Waals surface area (Å²) in [5.74, 6) is 0.996. The summed E-state index contributed by atoms with van der Waals surface area (Å²) in [6.45, 7) is 0.188. The van der Waals surface area contributed by atoms with E-state index in [0.29, 0.717) is 0 Å². The lowest BCUT2D eigenvalue weighted by Gasteiger charge is -2.26. The Morgan fingerprint density at radius 1 is 1.37 bits per heavy atom. The number of likely N-dealkylation sites (N-methyl/N-ethyl adjacent to an activating group) is 1. The van der Waals surface area contributed by atoms with Crippen LogP contribution in [-0.2, 0) is 12.8 Å². The number of rotatable bonds is 4. The summed E-state index contributed by atoms with van der Waals surface area (Å²) in [6, 6.07) is 6.52. The van der Waals surface area contributed by atoms with Crippen molar-refractivity contribution in [3.63, 3.8) is 0 Å². The highest BCUT2D eigenvalue weighted by molar-refractivity contribution is 5.38. The fraction of sp³-hybridized carbons (Fsp3) is 0.625. The Kier molecular flexibility index (Phi) is 3.50. The molecule has 2 atom stereocenters. The minimum Gasteiger partial charge on any atom is -0.490 e. The van der Waals surface area contributed by atoms with Crippen LogP contribution in [0.5, 0.6) is 5.75 Å². The van der Waals surface area contributed by atoms with E-state index < -0.39 is 0 Å². The minimum absolute atomic E-state index is 0.138. The van der Waals surface area contributed by atoms with Crippen molar-refractivity contribution in [2.45, 2.75) is 50.2 Å². The molecule has 1 aromatic rings. The molecule has 0 aliphatic heterocycles. The van der Waals surface area contributed by atoms with Gasteiger partial charge in [0.05, 0.1) is 6.61 Å². The summed E-state index contributed by atoms with van der Waals surface area (Å²) in [6.07, 6.45) is 6.78. The van der Waals surface area contributed by atoms with Crippen molar-refractivity contribution in [3.8, 4) is 5.75 Å². The van der Waals surface area contributed by atoms with E-state index in [1.165, 1.54) is 30.4 Å². The molecule has 2 aliphatic rings. The van der Waals surface area contributed by atoms with Gasteiger partial charge in [0.1, 0.15) is 11.9 Å². The third-order valence-corrected chi connectivity index (χ3v) is 4.77. The molecular formula is C16H23NO2. The van der Waals surface area contributed by atoms with Gasteiger partial charge in [-0.1, -0.05) is 6.07 Å². The van der Waals surface area contributed by atoms with Crippen LogP contribution in [0.2, 0.25) is 0 Å². The van der Waals surface area contributed by atoms with Gasteiger partial charge >= 0.3 is 0 Å². The third kappa shape index (κ3) is 2.49. The Hall–Kier alpha value is -1.06. The molecule has 3 heteroatoms. The molecule has 0 heterocycles. The number of aryl methyl sites for hydroxylation is 2. The molecule has 2 unspecified atom stereocenters. The molecule has 1 saturated carbocycles. The lowest BCUT2D eigenvalue weighted by Crippen LogP contribution is -2.44. The van der Waals surface area contributed by atoms with Gasteiger partial charge in [-0.15, -0.1) is 0 Å². The van der Waals surface area contributed by atoms with Crippen LogP contribution in [0.4, 0.5) is 0 Å². The largest absolute Gasteiger partial charge is 0.490 e. The average molecular weight is 261 g/mol. The van der Waals surface area contributed by atoms with Crippen LogP contribution in [0.25, 0.3) is 0 Å². The van der Waals surface area contributed by atoms with E-state index in [1.54, 1.807) is 0 Å². The van der Waals surface area contributed by atoms with Crippen molar-refractivity contribution in [1.82, 2.24) is 5.32 Å². The standard InChI is InChI=1S/C16H23NO2/c1-17-16(11-18)8-7-15(10-16)19-14-6-5-12-3-2-4-13(12)9-14/h5-6,9,15,17-18H,2-4,7-8,10-11H2,1H3. The summed E-state index contributed by atoms with van der Waals surface area (Å²) in [5.41, 5.74) is 2.80. The highest BCUT2D eigenvalue weighted by atomic mass is 16.5. The van der Waals surface area contributed by atoms with Crippen molar-refractivity contribution in [2.24, 2.45) is 0 Å². The number of nitrogens with one attached hydrogen (secondary N) is 1. The molecule has 0 amide bonds. The maximum atomic E-state index is 9.51. The Labute approximate surface area is 115 Å². The van der Waals surface area contributed by atoms with Gasteiger partial charge < -0.3 is 15.2 Å². The predicted octanol–water partition coefficient (Wildman–Crippen LogP) is 2.06. The monoisotopic (exact) mass is 261 g/mol. The van der Waals surface area contributed by atoms with Crippen LogP contribution >= 0.6 is 0 Å². The number of ether oxygens (including phenoxy) is 1. The van der Waals surface area contributed by atoms with Gasteiger partial charge in [-0.2, -0.15) is 0 Å². The van der Waals surface area contributed by atoms with Crippen molar-refractivity contribution in [3.05, 3.63) is 29.3 Å². The smallest absolute Gasteiger partial charge is 0.120 e. The van der Waals surface area contributed by atoms with Crippen molar-refractivity contribution in [1.29, 1.82) is 0 Å². The number of hydrogen-bond acceptors (Lipinski definition) is 3. The van der Waals surface area contributed by atoms with E-state index >= 15 is 0 Å². The third-order valence-electron chi connectivity index (χ3n) is 4.77. The lowest BCUT2D eigenvalue weighted by molar-refractivity contribution is 0.146. The van der Waals surface area contributed by atoms with E-state index in [1.807, 2.05) is 7.05 Å². The van der Waals surface area contributed by atoms with Gasteiger partial charge in [-0.25, -0.2) is 0 Å². The SMILES string of the molecule is CNC1(CO)CCC(Oc2ccc3c(c2)CCC3)C1. The van der Waals surface area contributed by atoms with Crippen LogP contribution in [0.1, 0.15) is 36.8 Å². The van der Waals surface area contributed by atoms with Crippen LogP contribution in [0.3, 0.4) is 0 Å². The van der Waals surface area contributed by atoms with Crippen molar-refractivity contribution >= 4 is 0 Å². The van der Waals surface area contributed by atoms with Crippen molar-refractivity contribution < 1.29 is 9.84 Å². The van der Waals surface area contributed by atoms with Crippen LogP contribution in [-0.4, -0.2) is 30.4 Å². The molecule has 2 aliphatic carbocycles. The second-order valence-electron chi connectivity index (χ2n) is 5.96. The predicted molar refractivity (Wildman–Crippen MR) is 75.6 cm³/mol. The molecule has 104 valence electrons. The normalized spacial score (nSPS) is 29.5. The second kappa shape index (κ2) is 5.14. The quantitative estimate of drug-likeness (QED) is 0.871. The maximum Gasteiger partial charge on any atom is 0.120 e. The molecule has 0 aromatic heterocycles. The van der Waals surface area contributed by atoms with Crippen LogP contribution < -0.4 is 10.1 Å². The van der Waals surface area contributed by atoms with Gasteiger partial charge in [0.2, 0.25) is 0 Å². The molecule has 19 heavy (non-hydrogen) atoms. The first kappa shape index (κ1) is 12.9. The highest BCUT2D eigenvalue weighted by Gasteiger charge is 2.38. The van der Waals surface area contributed by atoms with E-state index in [2.05, 4.69) is 23.5 Å². The van der Waals surface area contributed by atoms with Crippen molar-refractivity contribution in [2.75, 3.05) is 13.7 Å². The zero-order valence-corrected chi connectivity index (χ0v) is 11.6. The number of hydrogen-bond donors (Lipinski definition) is 2. The van der Waals surface area contributed by atoms with Crippen LogP contribution in [0, 0.1) is 0 Å². The molecule has 0 bridgehead atoms. The van der Waals surface area contributed by atoms with Crippen LogP contribution in [0.15, 0.2) is 18.2 Å². The van der Waals surface area contributed by atoms with Gasteiger partial charge in [-0.3, -0.25) is 0 Å². The van der Waals surface area contributed by atoms with E-state index in [4.69, 9.17) is 4.74 Å². The zero-order valence-electron chi connectivity index (χ0n) is 11.6. The summed E-state index contributed by atoms with van der Waals surface area (Å²) < 4.78 is 6.11. The lowest BCUT2D eigenvalue weighted by atomic mass is 9.99. The van der Waals surface area contributed by atoms with Gasteiger partial charge in [0.15, 0.2) is 0 Å². The summed E-state index contributed by atoms with van der Waals surface area (Å²) >= 11 is 0. The van der Waals surface area contributed by atoms with E-state index in [-0.39, 0.29) is 18.2 Å².